The first kappa shape index (κ1) is 10.7. The summed E-state index contributed by atoms with van der Waals surface area (Å²) in [5, 5.41) is 9.65. The fraction of sp³-hybridized carbons (Fsp3) is 0.308. The van der Waals surface area contributed by atoms with Gasteiger partial charge >= 0.3 is 0 Å². The molecule has 1 heterocycles. The van der Waals surface area contributed by atoms with Gasteiger partial charge < -0.3 is 9.84 Å². The molecule has 0 aliphatic carbocycles. The monoisotopic (exact) mass is 218 g/mol. The molecule has 3 nitrogen and oxygen atoms in total. The van der Waals surface area contributed by atoms with Gasteiger partial charge in [0.1, 0.15) is 17.6 Å². The highest BCUT2D eigenvalue weighted by molar-refractivity contribution is 5.97. The molecule has 1 N–H and O–H groups in total. The van der Waals surface area contributed by atoms with Gasteiger partial charge in [0.25, 0.3) is 0 Å². The second kappa shape index (κ2) is 3.67. The molecule has 0 fully saturated rings. The number of benzene rings is 1. The SMILES string of the molecule is C=C(C)C1Cc2cc(C(C)=O)c(O)cc2O1. The number of ether oxygens (including phenoxy) is 1. The number of Topliss-reactive ketones (excluding diaryl/α,β-unsaturated/α-hetero) is 1. The van der Waals surface area contributed by atoms with E-state index in [1.165, 1.54) is 13.0 Å². The molecule has 0 spiro atoms. The highest BCUT2D eigenvalue weighted by Gasteiger charge is 2.25. The summed E-state index contributed by atoms with van der Waals surface area (Å²) >= 11 is 0. The lowest BCUT2D eigenvalue weighted by molar-refractivity contribution is 0.101. The molecule has 2 rings (SSSR count). The van der Waals surface area contributed by atoms with E-state index in [4.69, 9.17) is 4.74 Å². The zero-order valence-electron chi connectivity index (χ0n) is 9.41. The van der Waals surface area contributed by atoms with Crippen molar-refractivity contribution >= 4 is 5.78 Å². The Kier molecular flexibility index (Phi) is 2.46. The molecule has 0 saturated heterocycles. The van der Waals surface area contributed by atoms with Gasteiger partial charge in [-0.1, -0.05) is 6.58 Å². The Labute approximate surface area is 94.4 Å². The first-order chi connectivity index (χ1) is 7.49. The molecule has 0 aromatic heterocycles. The highest BCUT2D eigenvalue weighted by atomic mass is 16.5. The molecule has 0 radical (unpaired) electrons. The topological polar surface area (TPSA) is 46.5 Å². The molecular weight excluding hydrogens is 204 g/mol. The molecule has 0 saturated carbocycles. The Bertz CT molecular complexity index is 474. The van der Waals surface area contributed by atoms with Crippen molar-refractivity contribution in [1.29, 1.82) is 0 Å². The van der Waals surface area contributed by atoms with Crippen molar-refractivity contribution in [3.8, 4) is 11.5 Å². The summed E-state index contributed by atoms with van der Waals surface area (Å²) in [5.74, 6) is 0.489. The Morgan fingerprint density at radius 3 is 2.75 bits per heavy atom. The van der Waals surface area contributed by atoms with Gasteiger partial charge in [-0.15, -0.1) is 0 Å². The number of phenols is 1. The number of rotatable bonds is 2. The molecule has 1 unspecified atom stereocenters. The van der Waals surface area contributed by atoms with E-state index in [-0.39, 0.29) is 17.6 Å². The predicted molar refractivity (Wildman–Crippen MR) is 61.0 cm³/mol. The van der Waals surface area contributed by atoms with Crippen LogP contribution in [-0.4, -0.2) is 17.0 Å². The smallest absolute Gasteiger partial charge is 0.163 e. The van der Waals surface area contributed by atoms with Crippen LogP contribution >= 0.6 is 0 Å². The van der Waals surface area contributed by atoms with E-state index in [2.05, 4.69) is 6.58 Å². The van der Waals surface area contributed by atoms with Crippen molar-refractivity contribution in [2.24, 2.45) is 0 Å². The van der Waals surface area contributed by atoms with Crippen LogP contribution in [-0.2, 0) is 6.42 Å². The lowest BCUT2D eigenvalue weighted by Gasteiger charge is -2.09. The van der Waals surface area contributed by atoms with E-state index in [0.29, 0.717) is 17.7 Å². The molecule has 3 heteroatoms. The van der Waals surface area contributed by atoms with E-state index in [0.717, 1.165) is 11.1 Å². The van der Waals surface area contributed by atoms with E-state index in [1.54, 1.807) is 6.07 Å². The molecule has 1 aliphatic rings. The van der Waals surface area contributed by atoms with Crippen LogP contribution in [0.2, 0.25) is 0 Å². The largest absolute Gasteiger partial charge is 0.507 e. The minimum atomic E-state index is -0.140. The average Bonchev–Trinajstić information content (AvgIpc) is 2.58. The molecule has 1 aromatic carbocycles. The number of carbonyl (C=O) groups is 1. The maximum atomic E-state index is 11.3. The van der Waals surface area contributed by atoms with Crippen molar-refractivity contribution in [2.45, 2.75) is 26.4 Å². The number of ketones is 1. The maximum absolute atomic E-state index is 11.3. The van der Waals surface area contributed by atoms with Crippen LogP contribution in [0.5, 0.6) is 11.5 Å². The van der Waals surface area contributed by atoms with Crippen molar-refractivity contribution in [3.05, 3.63) is 35.4 Å². The summed E-state index contributed by atoms with van der Waals surface area (Å²) in [6, 6.07) is 3.21. The zero-order valence-corrected chi connectivity index (χ0v) is 9.41. The van der Waals surface area contributed by atoms with Crippen LogP contribution in [0.3, 0.4) is 0 Å². The first-order valence-corrected chi connectivity index (χ1v) is 5.18. The van der Waals surface area contributed by atoms with E-state index in [1.807, 2.05) is 6.92 Å². The summed E-state index contributed by atoms with van der Waals surface area (Å²) in [6.45, 7) is 7.19. The second-order valence-electron chi connectivity index (χ2n) is 4.19. The Balaban J connectivity index is 2.40. The van der Waals surface area contributed by atoms with E-state index in [9.17, 15) is 9.90 Å². The van der Waals surface area contributed by atoms with Crippen molar-refractivity contribution in [3.63, 3.8) is 0 Å². The van der Waals surface area contributed by atoms with Crippen LogP contribution in [0.15, 0.2) is 24.3 Å². The number of aromatic hydroxyl groups is 1. The lowest BCUT2D eigenvalue weighted by Crippen LogP contribution is -2.13. The number of phenolic OH excluding ortho intramolecular Hbond substituents is 1. The standard InChI is InChI=1S/C13H14O3/c1-7(2)12-5-9-4-10(8(3)14)11(15)6-13(9)16-12/h4,6,12,15H,1,5H2,2-3H3. The van der Waals surface area contributed by atoms with E-state index >= 15 is 0 Å². The van der Waals surface area contributed by atoms with Crippen molar-refractivity contribution in [2.75, 3.05) is 0 Å². The fourth-order valence-corrected chi connectivity index (χ4v) is 1.83. The number of hydrogen-bond acceptors (Lipinski definition) is 3. The molecule has 84 valence electrons. The number of hydrogen-bond donors (Lipinski definition) is 1. The van der Waals surface area contributed by atoms with Gasteiger partial charge in [0.2, 0.25) is 0 Å². The third kappa shape index (κ3) is 1.69. The molecule has 1 atom stereocenters. The minimum absolute atomic E-state index is 0.0198. The molecule has 16 heavy (non-hydrogen) atoms. The second-order valence-corrected chi connectivity index (χ2v) is 4.19. The zero-order chi connectivity index (χ0) is 11.9. The molecule has 1 aromatic rings. The fourth-order valence-electron chi connectivity index (χ4n) is 1.83. The van der Waals surface area contributed by atoms with Gasteiger partial charge in [0.15, 0.2) is 5.78 Å². The third-order valence-electron chi connectivity index (χ3n) is 2.78. The normalized spacial score (nSPS) is 17.8. The summed E-state index contributed by atoms with van der Waals surface area (Å²) in [6.07, 6.45) is 0.669. The van der Waals surface area contributed by atoms with Gasteiger partial charge in [0.05, 0.1) is 5.56 Å². The summed E-state index contributed by atoms with van der Waals surface area (Å²) in [4.78, 5) is 11.3. The predicted octanol–water partition coefficient (Wildman–Crippen LogP) is 2.47. The first-order valence-electron chi connectivity index (χ1n) is 5.18. The van der Waals surface area contributed by atoms with Crippen LogP contribution in [0.25, 0.3) is 0 Å². The summed E-state index contributed by atoms with van der Waals surface area (Å²) in [5.41, 5.74) is 2.25. The van der Waals surface area contributed by atoms with Crippen LogP contribution < -0.4 is 4.74 Å². The Morgan fingerprint density at radius 2 is 2.19 bits per heavy atom. The van der Waals surface area contributed by atoms with E-state index < -0.39 is 0 Å². The van der Waals surface area contributed by atoms with Crippen LogP contribution in [0.4, 0.5) is 0 Å². The number of fused-ring (bicyclic) bond motifs is 1. The highest BCUT2D eigenvalue weighted by Crippen LogP contribution is 2.36. The minimum Gasteiger partial charge on any atom is -0.507 e. The molecule has 0 amide bonds. The van der Waals surface area contributed by atoms with Gasteiger partial charge in [-0.3, -0.25) is 4.79 Å². The van der Waals surface area contributed by atoms with Crippen LogP contribution in [0.1, 0.15) is 29.8 Å². The summed E-state index contributed by atoms with van der Waals surface area (Å²) in [7, 11) is 0. The lowest BCUT2D eigenvalue weighted by atomic mass is 10.0. The number of carbonyl (C=O) groups excluding carboxylic acids is 1. The molecule has 0 bridgehead atoms. The summed E-state index contributed by atoms with van der Waals surface area (Å²) < 4.78 is 5.61. The van der Waals surface area contributed by atoms with Crippen molar-refractivity contribution in [1.82, 2.24) is 0 Å². The average molecular weight is 218 g/mol. The molecule has 1 aliphatic heterocycles. The van der Waals surface area contributed by atoms with Gasteiger partial charge in [-0.25, -0.2) is 0 Å². The molecular formula is C13H14O3. The third-order valence-corrected chi connectivity index (χ3v) is 2.78. The van der Waals surface area contributed by atoms with Crippen molar-refractivity contribution < 1.29 is 14.6 Å². The maximum Gasteiger partial charge on any atom is 0.163 e. The van der Waals surface area contributed by atoms with Gasteiger partial charge in [-0.05, 0) is 31.1 Å². The Morgan fingerprint density at radius 1 is 1.50 bits per heavy atom. The van der Waals surface area contributed by atoms with Gasteiger partial charge in [-0.2, -0.15) is 0 Å². The van der Waals surface area contributed by atoms with Crippen LogP contribution in [0, 0.1) is 0 Å². The Hall–Kier alpha value is -1.77. The quantitative estimate of drug-likeness (QED) is 0.612. The van der Waals surface area contributed by atoms with Gasteiger partial charge in [0, 0.05) is 12.5 Å².